The number of carbonyl (C=O) groups is 1. The molecule has 0 saturated carbocycles. The van der Waals surface area contributed by atoms with Gasteiger partial charge in [-0.25, -0.2) is 0 Å². The summed E-state index contributed by atoms with van der Waals surface area (Å²) in [6.45, 7) is 2.10. The summed E-state index contributed by atoms with van der Waals surface area (Å²) in [6, 6.07) is 15.3. The summed E-state index contributed by atoms with van der Waals surface area (Å²) < 4.78 is 0. The van der Waals surface area contributed by atoms with E-state index in [2.05, 4.69) is 21.6 Å². The number of nitrogens with zero attached hydrogens (tertiary/aromatic N) is 1. The standard InChI is InChI=1S/C20H22ClN3OS/c21-16-10-8-15(9-11-16)14-19(25)23-20(26)22-17-6-2-3-7-18(17)24-12-4-1-5-13-24/h2-3,6-11H,1,4-5,12-14H2,(H2,22,23,25,26). The average molecular weight is 388 g/mol. The number of hydrogen-bond acceptors (Lipinski definition) is 3. The van der Waals surface area contributed by atoms with Gasteiger partial charge >= 0.3 is 0 Å². The molecule has 4 nitrogen and oxygen atoms in total. The minimum atomic E-state index is -0.153. The highest BCUT2D eigenvalue weighted by Gasteiger charge is 2.15. The van der Waals surface area contributed by atoms with Gasteiger partial charge in [0.2, 0.25) is 5.91 Å². The molecule has 2 aromatic carbocycles. The molecular formula is C20H22ClN3OS. The molecule has 1 saturated heterocycles. The molecule has 0 atom stereocenters. The Morgan fingerprint density at radius 3 is 2.46 bits per heavy atom. The molecule has 1 amide bonds. The first-order valence-electron chi connectivity index (χ1n) is 8.81. The fourth-order valence-electron chi connectivity index (χ4n) is 3.10. The van der Waals surface area contributed by atoms with Crippen LogP contribution >= 0.6 is 23.8 Å². The smallest absolute Gasteiger partial charge is 0.230 e. The van der Waals surface area contributed by atoms with E-state index in [0.717, 1.165) is 30.0 Å². The Morgan fingerprint density at radius 1 is 1.04 bits per heavy atom. The molecule has 1 heterocycles. The van der Waals surface area contributed by atoms with E-state index in [1.54, 1.807) is 12.1 Å². The van der Waals surface area contributed by atoms with E-state index < -0.39 is 0 Å². The maximum Gasteiger partial charge on any atom is 0.230 e. The van der Waals surface area contributed by atoms with Crippen molar-refractivity contribution >= 4 is 46.2 Å². The van der Waals surface area contributed by atoms with Crippen LogP contribution in [-0.4, -0.2) is 24.1 Å². The third kappa shape index (κ3) is 5.19. The van der Waals surface area contributed by atoms with E-state index >= 15 is 0 Å². The summed E-state index contributed by atoms with van der Waals surface area (Å²) in [7, 11) is 0. The average Bonchev–Trinajstić information content (AvgIpc) is 2.64. The van der Waals surface area contributed by atoms with Gasteiger partial charge in [0.1, 0.15) is 0 Å². The second kappa shape index (κ2) is 9.01. The lowest BCUT2D eigenvalue weighted by atomic mass is 10.1. The van der Waals surface area contributed by atoms with Crippen molar-refractivity contribution in [1.82, 2.24) is 5.32 Å². The van der Waals surface area contributed by atoms with Crippen LogP contribution in [-0.2, 0) is 11.2 Å². The third-order valence-electron chi connectivity index (χ3n) is 4.38. The molecule has 0 bridgehead atoms. The lowest BCUT2D eigenvalue weighted by Crippen LogP contribution is -2.36. The zero-order chi connectivity index (χ0) is 18.4. The van der Waals surface area contributed by atoms with Gasteiger partial charge in [-0.1, -0.05) is 35.9 Å². The number of thiocarbonyl (C=S) groups is 1. The molecule has 0 aromatic heterocycles. The van der Waals surface area contributed by atoms with Crippen LogP contribution in [0, 0.1) is 0 Å². The van der Waals surface area contributed by atoms with Crippen LogP contribution in [0.2, 0.25) is 5.02 Å². The molecule has 0 unspecified atom stereocenters. The Balaban J connectivity index is 1.59. The van der Waals surface area contributed by atoms with Gasteiger partial charge in [-0.2, -0.15) is 0 Å². The summed E-state index contributed by atoms with van der Waals surface area (Å²) >= 11 is 11.2. The number of para-hydroxylation sites is 2. The van der Waals surface area contributed by atoms with Crippen molar-refractivity contribution in [3.63, 3.8) is 0 Å². The molecule has 1 aliphatic heterocycles. The number of piperidine rings is 1. The van der Waals surface area contributed by atoms with Crippen LogP contribution in [0.15, 0.2) is 48.5 Å². The summed E-state index contributed by atoms with van der Waals surface area (Å²) in [5.41, 5.74) is 2.94. The maximum absolute atomic E-state index is 12.2. The molecule has 1 fully saturated rings. The highest BCUT2D eigenvalue weighted by atomic mass is 35.5. The minimum Gasteiger partial charge on any atom is -0.370 e. The second-order valence-electron chi connectivity index (χ2n) is 6.37. The second-order valence-corrected chi connectivity index (χ2v) is 7.22. The van der Waals surface area contributed by atoms with Crippen LogP contribution in [0.4, 0.5) is 11.4 Å². The Hall–Kier alpha value is -2.11. The largest absolute Gasteiger partial charge is 0.370 e. The maximum atomic E-state index is 12.2. The Kier molecular flexibility index (Phi) is 6.47. The van der Waals surface area contributed by atoms with Crippen LogP contribution < -0.4 is 15.5 Å². The molecule has 0 radical (unpaired) electrons. The van der Waals surface area contributed by atoms with E-state index in [1.807, 2.05) is 30.3 Å². The fourth-order valence-corrected chi connectivity index (χ4v) is 3.45. The number of anilines is 2. The number of halogens is 1. The summed E-state index contributed by atoms with van der Waals surface area (Å²) in [5, 5.41) is 6.89. The van der Waals surface area contributed by atoms with Gasteiger partial charge in [0.25, 0.3) is 0 Å². The fraction of sp³-hybridized carbons (Fsp3) is 0.300. The number of hydrogen-bond donors (Lipinski definition) is 2. The van der Waals surface area contributed by atoms with Gasteiger partial charge < -0.3 is 15.5 Å². The molecular weight excluding hydrogens is 366 g/mol. The van der Waals surface area contributed by atoms with Gasteiger partial charge in [-0.3, -0.25) is 4.79 Å². The number of rotatable bonds is 4. The van der Waals surface area contributed by atoms with Crippen LogP contribution in [0.1, 0.15) is 24.8 Å². The van der Waals surface area contributed by atoms with Crippen LogP contribution in [0.3, 0.4) is 0 Å². The predicted octanol–water partition coefficient (Wildman–Crippen LogP) is 4.39. The minimum absolute atomic E-state index is 0.153. The highest BCUT2D eigenvalue weighted by molar-refractivity contribution is 7.80. The number of carbonyl (C=O) groups excluding carboxylic acids is 1. The topological polar surface area (TPSA) is 44.4 Å². The Bertz CT molecular complexity index is 773. The van der Waals surface area contributed by atoms with Crippen LogP contribution in [0.5, 0.6) is 0 Å². The summed E-state index contributed by atoms with van der Waals surface area (Å²) in [6.07, 6.45) is 3.95. The zero-order valence-electron chi connectivity index (χ0n) is 14.5. The van der Waals surface area contributed by atoms with Crippen molar-refractivity contribution in [2.75, 3.05) is 23.3 Å². The van der Waals surface area contributed by atoms with Crippen molar-refractivity contribution in [1.29, 1.82) is 0 Å². The lowest BCUT2D eigenvalue weighted by Gasteiger charge is -2.30. The van der Waals surface area contributed by atoms with Gasteiger partial charge in [-0.05, 0) is 61.3 Å². The lowest BCUT2D eigenvalue weighted by molar-refractivity contribution is -0.119. The summed E-state index contributed by atoms with van der Waals surface area (Å²) in [5.74, 6) is -0.153. The number of nitrogens with one attached hydrogen (secondary N) is 2. The van der Waals surface area contributed by atoms with Crippen molar-refractivity contribution in [3.05, 3.63) is 59.1 Å². The van der Waals surface area contributed by atoms with Gasteiger partial charge in [-0.15, -0.1) is 0 Å². The van der Waals surface area contributed by atoms with Crippen LogP contribution in [0.25, 0.3) is 0 Å². The van der Waals surface area contributed by atoms with E-state index in [1.165, 1.54) is 19.3 Å². The quantitative estimate of drug-likeness (QED) is 0.764. The predicted molar refractivity (Wildman–Crippen MR) is 112 cm³/mol. The molecule has 1 aliphatic rings. The zero-order valence-corrected chi connectivity index (χ0v) is 16.1. The molecule has 3 rings (SSSR count). The number of benzene rings is 2. The van der Waals surface area contributed by atoms with Crippen molar-refractivity contribution < 1.29 is 4.79 Å². The Morgan fingerprint density at radius 2 is 1.73 bits per heavy atom. The van der Waals surface area contributed by atoms with Crippen molar-refractivity contribution in [2.24, 2.45) is 0 Å². The molecule has 0 aliphatic carbocycles. The molecule has 2 aromatic rings. The van der Waals surface area contributed by atoms with Crippen molar-refractivity contribution in [2.45, 2.75) is 25.7 Å². The first kappa shape index (κ1) is 18.7. The normalized spacial score (nSPS) is 14.0. The van der Waals surface area contributed by atoms with E-state index in [4.69, 9.17) is 23.8 Å². The van der Waals surface area contributed by atoms with Gasteiger partial charge in [0, 0.05) is 18.1 Å². The van der Waals surface area contributed by atoms with E-state index in [0.29, 0.717) is 10.1 Å². The number of amides is 1. The molecule has 136 valence electrons. The highest BCUT2D eigenvalue weighted by Crippen LogP contribution is 2.28. The van der Waals surface area contributed by atoms with Crippen molar-refractivity contribution in [3.8, 4) is 0 Å². The molecule has 2 N–H and O–H groups in total. The summed E-state index contributed by atoms with van der Waals surface area (Å²) in [4.78, 5) is 14.6. The monoisotopic (exact) mass is 387 g/mol. The third-order valence-corrected chi connectivity index (χ3v) is 4.84. The first-order chi connectivity index (χ1) is 12.6. The van der Waals surface area contributed by atoms with E-state index in [-0.39, 0.29) is 12.3 Å². The van der Waals surface area contributed by atoms with E-state index in [9.17, 15) is 4.79 Å². The van der Waals surface area contributed by atoms with Gasteiger partial charge in [0.05, 0.1) is 17.8 Å². The SMILES string of the molecule is O=C(Cc1ccc(Cl)cc1)NC(=S)Nc1ccccc1N1CCCCC1. The molecule has 26 heavy (non-hydrogen) atoms. The molecule has 0 spiro atoms. The molecule has 6 heteroatoms. The van der Waals surface area contributed by atoms with Gasteiger partial charge in [0.15, 0.2) is 5.11 Å². The first-order valence-corrected chi connectivity index (χ1v) is 9.60. The Labute approximate surface area is 164 Å².